The van der Waals surface area contributed by atoms with Crippen molar-refractivity contribution in [2.45, 2.75) is 26.3 Å². The summed E-state index contributed by atoms with van der Waals surface area (Å²) in [4.78, 5) is 19.8. The van der Waals surface area contributed by atoms with Crippen molar-refractivity contribution in [1.82, 2.24) is 10.3 Å². The number of rotatable bonds is 5. The van der Waals surface area contributed by atoms with Crippen molar-refractivity contribution in [2.24, 2.45) is 5.92 Å². The van der Waals surface area contributed by atoms with Crippen LogP contribution in [0.2, 0.25) is 0 Å². The number of aryl methyl sites for hydroxylation is 1. The van der Waals surface area contributed by atoms with Gasteiger partial charge >= 0.3 is 0 Å². The maximum atomic E-state index is 12.7. The summed E-state index contributed by atoms with van der Waals surface area (Å²) in [5.74, 6) is 0.947. The van der Waals surface area contributed by atoms with Gasteiger partial charge in [0, 0.05) is 19.6 Å². The van der Waals surface area contributed by atoms with E-state index in [9.17, 15) is 4.79 Å². The smallest absolute Gasteiger partial charge is 0.225 e. The monoisotopic (exact) mass is 395 g/mol. The summed E-state index contributed by atoms with van der Waals surface area (Å²) < 4.78 is 6.38. The van der Waals surface area contributed by atoms with Crippen molar-refractivity contribution in [3.63, 3.8) is 0 Å². The first-order valence-electron chi connectivity index (χ1n) is 9.65. The zero-order valence-corrected chi connectivity index (χ0v) is 17.1. The predicted octanol–water partition coefficient (Wildman–Crippen LogP) is 4.15. The minimum atomic E-state index is 0.000691. The Hall–Kier alpha value is -2.60. The maximum Gasteiger partial charge on any atom is 0.225 e. The van der Waals surface area contributed by atoms with Crippen LogP contribution in [0.25, 0.3) is 10.2 Å². The van der Waals surface area contributed by atoms with E-state index in [2.05, 4.69) is 35.3 Å². The first-order valence-corrected chi connectivity index (χ1v) is 10.5. The lowest BCUT2D eigenvalue weighted by molar-refractivity contribution is -0.125. The molecule has 1 fully saturated rings. The molecule has 1 aliphatic heterocycles. The van der Waals surface area contributed by atoms with Gasteiger partial charge in [-0.15, -0.1) is 0 Å². The molecule has 0 spiro atoms. The second kappa shape index (κ2) is 8.19. The number of carbonyl (C=O) groups is 1. The fraction of sp³-hybridized carbons (Fsp3) is 0.364. The molecule has 0 aliphatic carbocycles. The molecule has 146 valence electrons. The number of piperidine rings is 1. The molecule has 6 heteroatoms. The average molecular weight is 396 g/mol. The molecule has 4 rings (SSSR count). The molecule has 1 aromatic heterocycles. The fourth-order valence-corrected chi connectivity index (χ4v) is 4.70. The largest absolute Gasteiger partial charge is 0.497 e. The third-order valence-corrected chi connectivity index (χ3v) is 6.30. The van der Waals surface area contributed by atoms with Crippen LogP contribution in [0.15, 0.2) is 42.5 Å². The van der Waals surface area contributed by atoms with Crippen molar-refractivity contribution in [3.8, 4) is 5.75 Å². The quantitative estimate of drug-likeness (QED) is 0.705. The number of fused-ring (bicyclic) bond motifs is 1. The molecular weight excluding hydrogens is 370 g/mol. The first kappa shape index (κ1) is 18.7. The van der Waals surface area contributed by atoms with Crippen LogP contribution in [0, 0.1) is 12.8 Å². The van der Waals surface area contributed by atoms with Crippen LogP contribution in [0.4, 0.5) is 5.13 Å². The topological polar surface area (TPSA) is 54.5 Å². The van der Waals surface area contributed by atoms with Gasteiger partial charge in [0.1, 0.15) is 5.75 Å². The number of methoxy groups -OCH3 is 1. The number of amides is 1. The molecule has 1 aliphatic rings. The van der Waals surface area contributed by atoms with Gasteiger partial charge in [-0.2, -0.15) is 0 Å². The summed E-state index contributed by atoms with van der Waals surface area (Å²) in [5, 5.41) is 4.11. The Kier molecular flexibility index (Phi) is 5.48. The van der Waals surface area contributed by atoms with Crippen LogP contribution in [0.3, 0.4) is 0 Å². The number of hydrogen-bond acceptors (Lipinski definition) is 5. The highest BCUT2D eigenvalue weighted by molar-refractivity contribution is 7.22. The SMILES string of the molecule is COc1ccc(CNC(=O)C2CCCN(c3nc4ccc(C)cc4s3)C2)cc1. The summed E-state index contributed by atoms with van der Waals surface area (Å²) in [6.45, 7) is 4.33. The summed E-state index contributed by atoms with van der Waals surface area (Å²) in [6, 6.07) is 14.1. The van der Waals surface area contributed by atoms with E-state index in [0.717, 1.165) is 47.9 Å². The lowest BCUT2D eigenvalue weighted by Gasteiger charge is -2.31. The molecule has 3 aromatic rings. The second-order valence-corrected chi connectivity index (χ2v) is 8.33. The van der Waals surface area contributed by atoms with Crippen LogP contribution >= 0.6 is 11.3 Å². The van der Waals surface area contributed by atoms with Crippen molar-refractivity contribution in [3.05, 3.63) is 53.6 Å². The van der Waals surface area contributed by atoms with Gasteiger partial charge in [0.05, 0.1) is 23.2 Å². The summed E-state index contributed by atoms with van der Waals surface area (Å²) >= 11 is 1.72. The molecule has 2 aromatic carbocycles. The van der Waals surface area contributed by atoms with Gasteiger partial charge in [-0.25, -0.2) is 4.98 Å². The Morgan fingerprint density at radius 2 is 2.11 bits per heavy atom. The van der Waals surface area contributed by atoms with Gasteiger partial charge in [-0.3, -0.25) is 4.79 Å². The molecular formula is C22H25N3O2S. The first-order chi connectivity index (χ1) is 13.6. The number of hydrogen-bond donors (Lipinski definition) is 1. The minimum absolute atomic E-state index is 0.000691. The number of nitrogens with zero attached hydrogens (tertiary/aromatic N) is 2. The third-order valence-electron chi connectivity index (χ3n) is 5.22. The number of carbonyl (C=O) groups excluding carboxylic acids is 1. The van der Waals surface area contributed by atoms with Crippen LogP contribution < -0.4 is 15.0 Å². The molecule has 5 nitrogen and oxygen atoms in total. The van der Waals surface area contributed by atoms with Crippen LogP contribution in [-0.4, -0.2) is 31.1 Å². The van der Waals surface area contributed by atoms with E-state index in [4.69, 9.17) is 9.72 Å². The predicted molar refractivity (Wildman–Crippen MR) is 114 cm³/mol. The van der Waals surface area contributed by atoms with Crippen LogP contribution in [-0.2, 0) is 11.3 Å². The Balaban J connectivity index is 1.38. The van der Waals surface area contributed by atoms with Crippen molar-refractivity contribution < 1.29 is 9.53 Å². The van der Waals surface area contributed by atoms with E-state index in [1.165, 1.54) is 10.3 Å². The highest BCUT2D eigenvalue weighted by Gasteiger charge is 2.27. The Morgan fingerprint density at radius 3 is 2.89 bits per heavy atom. The number of aromatic nitrogens is 1. The van der Waals surface area contributed by atoms with Gasteiger partial charge in [0.25, 0.3) is 0 Å². The van der Waals surface area contributed by atoms with Gasteiger partial charge in [-0.1, -0.05) is 29.5 Å². The zero-order valence-electron chi connectivity index (χ0n) is 16.3. The molecule has 0 saturated carbocycles. The molecule has 1 N–H and O–H groups in total. The third kappa shape index (κ3) is 4.12. The molecule has 28 heavy (non-hydrogen) atoms. The second-order valence-electron chi connectivity index (χ2n) is 7.32. The number of anilines is 1. The molecule has 1 atom stereocenters. The lowest BCUT2D eigenvalue weighted by atomic mass is 9.97. The van der Waals surface area contributed by atoms with Crippen molar-refractivity contribution in [1.29, 1.82) is 0 Å². The standard InChI is InChI=1S/C22H25N3O2S/c1-15-5-10-19-20(12-15)28-22(24-19)25-11-3-4-17(14-25)21(26)23-13-16-6-8-18(27-2)9-7-16/h5-10,12,17H,3-4,11,13-14H2,1-2H3,(H,23,26). The van der Waals surface area contributed by atoms with E-state index < -0.39 is 0 Å². The summed E-state index contributed by atoms with van der Waals surface area (Å²) in [7, 11) is 1.65. The van der Waals surface area contributed by atoms with E-state index in [1.807, 2.05) is 24.3 Å². The normalized spacial score (nSPS) is 16.9. The lowest BCUT2D eigenvalue weighted by Crippen LogP contribution is -2.42. The van der Waals surface area contributed by atoms with Crippen LogP contribution in [0.5, 0.6) is 5.75 Å². The number of thiazole rings is 1. The molecule has 1 amide bonds. The highest BCUT2D eigenvalue weighted by atomic mass is 32.1. The van der Waals surface area contributed by atoms with Gasteiger partial charge < -0.3 is 15.0 Å². The number of nitrogens with one attached hydrogen (secondary N) is 1. The Bertz CT molecular complexity index is 968. The maximum absolute atomic E-state index is 12.7. The summed E-state index contributed by atoms with van der Waals surface area (Å²) in [5.41, 5.74) is 3.36. The fourth-order valence-electron chi connectivity index (χ4n) is 3.60. The van der Waals surface area contributed by atoms with E-state index in [1.54, 1.807) is 18.4 Å². The molecule has 1 saturated heterocycles. The summed E-state index contributed by atoms with van der Waals surface area (Å²) in [6.07, 6.45) is 1.94. The molecule has 2 heterocycles. The zero-order chi connectivity index (χ0) is 19.5. The molecule has 0 radical (unpaired) electrons. The number of benzene rings is 2. The Labute approximate surface area is 169 Å². The Morgan fingerprint density at radius 1 is 1.29 bits per heavy atom. The minimum Gasteiger partial charge on any atom is -0.497 e. The molecule has 1 unspecified atom stereocenters. The van der Waals surface area contributed by atoms with Crippen molar-refractivity contribution in [2.75, 3.05) is 25.1 Å². The van der Waals surface area contributed by atoms with E-state index >= 15 is 0 Å². The van der Waals surface area contributed by atoms with E-state index in [0.29, 0.717) is 6.54 Å². The van der Waals surface area contributed by atoms with E-state index in [-0.39, 0.29) is 11.8 Å². The van der Waals surface area contributed by atoms with Crippen LogP contribution in [0.1, 0.15) is 24.0 Å². The van der Waals surface area contributed by atoms with Gasteiger partial charge in [0.15, 0.2) is 5.13 Å². The van der Waals surface area contributed by atoms with Gasteiger partial charge in [0.2, 0.25) is 5.91 Å². The molecule has 0 bridgehead atoms. The highest BCUT2D eigenvalue weighted by Crippen LogP contribution is 2.32. The average Bonchev–Trinajstić information content (AvgIpc) is 3.15. The number of ether oxygens (including phenoxy) is 1. The van der Waals surface area contributed by atoms with Crippen molar-refractivity contribution >= 4 is 32.6 Å². The van der Waals surface area contributed by atoms with Gasteiger partial charge in [-0.05, 0) is 55.2 Å².